The van der Waals surface area contributed by atoms with Crippen molar-refractivity contribution < 1.29 is 4.79 Å². The fraction of sp³-hybridized carbons (Fsp3) is 0.650. The van der Waals surface area contributed by atoms with Crippen LogP contribution >= 0.6 is 0 Å². The van der Waals surface area contributed by atoms with Crippen molar-refractivity contribution in [3.63, 3.8) is 0 Å². The van der Waals surface area contributed by atoms with Gasteiger partial charge in [0.05, 0.1) is 0 Å². The molecule has 1 aromatic rings. The summed E-state index contributed by atoms with van der Waals surface area (Å²) < 4.78 is 0. The molecule has 134 valence electrons. The molecule has 0 saturated carbocycles. The molecule has 0 unspecified atom stereocenters. The lowest BCUT2D eigenvalue weighted by atomic mass is 9.77. The van der Waals surface area contributed by atoms with E-state index in [1.807, 2.05) is 17.0 Å². The van der Waals surface area contributed by atoms with Gasteiger partial charge in [0, 0.05) is 22.8 Å². The summed E-state index contributed by atoms with van der Waals surface area (Å²) >= 11 is 0. The van der Waals surface area contributed by atoms with Crippen molar-refractivity contribution in [2.75, 3.05) is 5.32 Å². The van der Waals surface area contributed by atoms with Gasteiger partial charge in [0.1, 0.15) is 0 Å². The first-order valence-corrected chi connectivity index (χ1v) is 8.80. The van der Waals surface area contributed by atoms with Gasteiger partial charge in [-0.1, -0.05) is 32.9 Å². The molecular weight excluding hydrogens is 298 g/mol. The summed E-state index contributed by atoms with van der Waals surface area (Å²) in [5.74, 6) is 0. The van der Waals surface area contributed by atoms with E-state index in [9.17, 15) is 4.79 Å². The van der Waals surface area contributed by atoms with Crippen LogP contribution in [0.5, 0.6) is 0 Å². The minimum absolute atomic E-state index is 0.0552. The van der Waals surface area contributed by atoms with Gasteiger partial charge in [-0.2, -0.15) is 0 Å². The standard InChI is InChI=1S/C20H33N3O/c1-18(2,3)14-8-10-16(11-9-14)22-17(24)23-19(4,5)12-15(21)13-20(23,6)7/h8-11,15H,12-13,21H2,1-7H3,(H,22,24). The van der Waals surface area contributed by atoms with Gasteiger partial charge in [-0.15, -0.1) is 0 Å². The van der Waals surface area contributed by atoms with E-state index in [0.717, 1.165) is 18.5 Å². The van der Waals surface area contributed by atoms with E-state index in [1.54, 1.807) is 0 Å². The van der Waals surface area contributed by atoms with Gasteiger partial charge >= 0.3 is 6.03 Å². The van der Waals surface area contributed by atoms with Gasteiger partial charge in [0.15, 0.2) is 0 Å². The molecule has 0 bridgehead atoms. The summed E-state index contributed by atoms with van der Waals surface area (Å²) in [6, 6.07) is 8.20. The molecule has 0 aromatic heterocycles. The maximum atomic E-state index is 13.0. The quantitative estimate of drug-likeness (QED) is 0.796. The van der Waals surface area contributed by atoms with Crippen LogP contribution in [0.15, 0.2) is 24.3 Å². The molecule has 2 rings (SSSR count). The van der Waals surface area contributed by atoms with Crippen LogP contribution in [0.2, 0.25) is 0 Å². The molecule has 2 amide bonds. The zero-order chi connectivity index (χ0) is 18.3. The van der Waals surface area contributed by atoms with E-state index in [0.29, 0.717) is 0 Å². The maximum Gasteiger partial charge on any atom is 0.322 e. The van der Waals surface area contributed by atoms with Gasteiger partial charge in [-0.3, -0.25) is 0 Å². The van der Waals surface area contributed by atoms with Crippen LogP contribution in [0.4, 0.5) is 10.5 Å². The third kappa shape index (κ3) is 3.92. The second kappa shape index (κ2) is 6.07. The number of benzene rings is 1. The number of nitrogens with two attached hydrogens (primary N) is 1. The molecule has 1 aromatic carbocycles. The Balaban J connectivity index is 2.19. The molecule has 1 aliphatic rings. The van der Waals surface area contributed by atoms with Crippen LogP contribution in [0, 0.1) is 0 Å². The molecule has 1 heterocycles. The molecule has 0 aliphatic carbocycles. The zero-order valence-corrected chi connectivity index (χ0v) is 16.2. The number of likely N-dealkylation sites (tertiary alicyclic amines) is 1. The topological polar surface area (TPSA) is 58.4 Å². The van der Waals surface area contributed by atoms with Crippen LogP contribution in [-0.4, -0.2) is 28.1 Å². The average molecular weight is 332 g/mol. The van der Waals surface area contributed by atoms with E-state index in [-0.39, 0.29) is 28.6 Å². The summed E-state index contributed by atoms with van der Waals surface area (Å²) in [5.41, 5.74) is 7.85. The van der Waals surface area contributed by atoms with E-state index < -0.39 is 0 Å². The second-order valence-electron chi connectivity index (χ2n) is 9.39. The third-order valence-corrected chi connectivity index (χ3v) is 4.94. The van der Waals surface area contributed by atoms with Crippen LogP contribution < -0.4 is 11.1 Å². The van der Waals surface area contributed by atoms with E-state index in [1.165, 1.54) is 5.56 Å². The lowest BCUT2D eigenvalue weighted by Gasteiger charge is -2.54. The van der Waals surface area contributed by atoms with Crippen LogP contribution in [-0.2, 0) is 5.41 Å². The Morgan fingerprint density at radius 3 is 1.96 bits per heavy atom. The number of carbonyl (C=O) groups excluding carboxylic acids is 1. The number of nitrogens with zero attached hydrogens (tertiary/aromatic N) is 1. The average Bonchev–Trinajstić information content (AvgIpc) is 2.34. The molecule has 0 spiro atoms. The highest BCUT2D eigenvalue weighted by Crippen LogP contribution is 2.38. The lowest BCUT2D eigenvalue weighted by Crippen LogP contribution is -2.66. The maximum absolute atomic E-state index is 13.0. The van der Waals surface area contributed by atoms with Crippen molar-refractivity contribution in [3.05, 3.63) is 29.8 Å². The fourth-order valence-corrected chi connectivity index (χ4v) is 4.14. The van der Waals surface area contributed by atoms with Crippen molar-refractivity contribution in [1.82, 2.24) is 4.90 Å². The Labute approximate surface area is 146 Å². The predicted octanol–water partition coefficient (Wildman–Crippen LogP) is 4.50. The van der Waals surface area contributed by atoms with Gasteiger partial charge in [0.25, 0.3) is 0 Å². The summed E-state index contributed by atoms with van der Waals surface area (Å²) in [6.45, 7) is 14.9. The number of carbonyl (C=O) groups is 1. The largest absolute Gasteiger partial charge is 0.328 e. The fourth-order valence-electron chi connectivity index (χ4n) is 4.14. The summed E-state index contributed by atoms with van der Waals surface area (Å²) in [6.07, 6.45) is 1.62. The Morgan fingerprint density at radius 2 is 1.54 bits per heavy atom. The van der Waals surface area contributed by atoms with Gasteiger partial charge in [-0.05, 0) is 63.6 Å². The molecule has 4 nitrogen and oxygen atoms in total. The molecule has 24 heavy (non-hydrogen) atoms. The van der Waals surface area contributed by atoms with E-state index in [2.05, 4.69) is 65.9 Å². The van der Waals surface area contributed by atoms with Crippen LogP contribution in [0.1, 0.15) is 66.9 Å². The first kappa shape index (κ1) is 18.8. The Morgan fingerprint density at radius 1 is 1.08 bits per heavy atom. The Kier molecular flexibility index (Phi) is 4.75. The molecule has 1 aliphatic heterocycles. The Hall–Kier alpha value is -1.55. The van der Waals surface area contributed by atoms with Crippen molar-refractivity contribution >= 4 is 11.7 Å². The molecule has 0 radical (unpaired) electrons. The highest BCUT2D eigenvalue weighted by molar-refractivity contribution is 5.90. The van der Waals surface area contributed by atoms with Gasteiger partial charge in [0.2, 0.25) is 0 Å². The van der Waals surface area contributed by atoms with Crippen molar-refractivity contribution in [1.29, 1.82) is 0 Å². The smallest absolute Gasteiger partial charge is 0.322 e. The highest BCUT2D eigenvalue weighted by atomic mass is 16.2. The SMILES string of the molecule is CC(C)(C)c1ccc(NC(=O)N2C(C)(C)CC(N)CC2(C)C)cc1. The lowest BCUT2D eigenvalue weighted by molar-refractivity contribution is 0.00877. The first-order valence-electron chi connectivity index (χ1n) is 8.80. The monoisotopic (exact) mass is 331 g/mol. The van der Waals surface area contributed by atoms with Gasteiger partial charge < -0.3 is 16.0 Å². The molecular formula is C20H33N3O. The summed E-state index contributed by atoms with van der Waals surface area (Å²) in [7, 11) is 0. The van der Waals surface area contributed by atoms with Crippen molar-refractivity contribution in [2.24, 2.45) is 5.73 Å². The normalized spacial score (nSPS) is 20.8. The van der Waals surface area contributed by atoms with Crippen LogP contribution in [0.25, 0.3) is 0 Å². The van der Waals surface area contributed by atoms with Crippen molar-refractivity contribution in [2.45, 2.75) is 83.8 Å². The zero-order valence-electron chi connectivity index (χ0n) is 16.2. The minimum atomic E-state index is -0.267. The number of piperidine rings is 1. The molecule has 1 fully saturated rings. The number of rotatable bonds is 1. The predicted molar refractivity (Wildman–Crippen MR) is 101 cm³/mol. The molecule has 3 N–H and O–H groups in total. The number of nitrogens with one attached hydrogen (secondary N) is 1. The van der Waals surface area contributed by atoms with E-state index in [4.69, 9.17) is 5.73 Å². The number of anilines is 1. The molecule has 4 heteroatoms. The van der Waals surface area contributed by atoms with E-state index >= 15 is 0 Å². The second-order valence-corrected chi connectivity index (χ2v) is 9.39. The van der Waals surface area contributed by atoms with Gasteiger partial charge in [-0.25, -0.2) is 4.79 Å². The summed E-state index contributed by atoms with van der Waals surface area (Å²) in [5, 5.41) is 3.06. The number of urea groups is 1. The number of amides is 2. The summed E-state index contributed by atoms with van der Waals surface area (Å²) in [4.78, 5) is 14.9. The number of hydrogen-bond donors (Lipinski definition) is 2. The minimum Gasteiger partial charge on any atom is -0.328 e. The Bertz CT molecular complexity index is 578. The molecule has 1 saturated heterocycles. The molecule has 0 atom stereocenters. The van der Waals surface area contributed by atoms with Crippen molar-refractivity contribution in [3.8, 4) is 0 Å². The number of hydrogen-bond acceptors (Lipinski definition) is 2. The first-order chi connectivity index (χ1) is 10.8. The highest BCUT2D eigenvalue weighted by Gasteiger charge is 2.46. The third-order valence-electron chi connectivity index (χ3n) is 4.94. The van der Waals surface area contributed by atoms with Crippen LogP contribution in [0.3, 0.4) is 0 Å².